The smallest absolute Gasteiger partial charge is 0.259 e. The predicted molar refractivity (Wildman–Crippen MR) is 170 cm³/mol. The Morgan fingerprint density at radius 3 is 1.38 bits per heavy atom. The minimum Gasteiger partial charge on any atom is -0.455 e. The first-order valence-corrected chi connectivity index (χ1v) is 14.7. The standard InChI is InChI=1S/C34H18Cl2F4N2O6/c35-15-1-5-19-25(11-15)47-31(21-13-17(37)3-7-23(21)39)27(29(19)43)33(45)41-9-10-42-34(46)28-30(44)20-6-2-16(36)12-26(20)48-32(28)22-14-18(38)4-8-24(22)40/h1-8,11-14H,9-10H2,(H,41,45)(H,42,46). The second-order valence-electron chi connectivity index (χ2n) is 10.3. The summed E-state index contributed by atoms with van der Waals surface area (Å²) in [4.78, 5) is 53.5. The van der Waals surface area contributed by atoms with E-state index in [4.69, 9.17) is 32.0 Å². The van der Waals surface area contributed by atoms with E-state index in [1.165, 1.54) is 36.4 Å². The SMILES string of the molecule is O=C(NCCNC(=O)c1c(-c2cc(F)ccc2F)oc2cc(Cl)ccc2c1=O)c1c(-c2cc(F)ccc2F)oc2cc(Cl)ccc2c1=O. The Bertz CT molecular complexity index is 2260. The van der Waals surface area contributed by atoms with Crippen LogP contribution in [0.5, 0.6) is 0 Å². The Labute approximate surface area is 276 Å². The molecule has 0 bridgehead atoms. The average Bonchev–Trinajstić information content (AvgIpc) is 3.04. The van der Waals surface area contributed by atoms with Gasteiger partial charge >= 0.3 is 0 Å². The zero-order chi connectivity index (χ0) is 34.3. The molecule has 0 saturated heterocycles. The molecule has 8 nitrogen and oxygen atoms in total. The zero-order valence-corrected chi connectivity index (χ0v) is 25.6. The van der Waals surface area contributed by atoms with Gasteiger partial charge in [0.05, 0.1) is 21.9 Å². The van der Waals surface area contributed by atoms with Gasteiger partial charge in [-0.15, -0.1) is 0 Å². The van der Waals surface area contributed by atoms with Crippen molar-refractivity contribution in [1.29, 1.82) is 0 Å². The fourth-order valence-electron chi connectivity index (χ4n) is 5.00. The zero-order valence-electron chi connectivity index (χ0n) is 24.1. The molecule has 14 heteroatoms. The highest BCUT2D eigenvalue weighted by Gasteiger charge is 2.27. The first-order valence-electron chi connectivity index (χ1n) is 13.9. The van der Waals surface area contributed by atoms with Gasteiger partial charge in [-0.05, 0) is 60.7 Å². The molecule has 0 fully saturated rings. The quantitative estimate of drug-likeness (QED) is 0.134. The van der Waals surface area contributed by atoms with E-state index in [-0.39, 0.29) is 45.1 Å². The Morgan fingerprint density at radius 2 is 0.979 bits per heavy atom. The van der Waals surface area contributed by atoms with Crippen molar-refractivity contribution in [2.24, 2.45) is 0 Å². The second-order valence-corrected chi connectivity index (χ2v) is 11.2. The lowest BCUT2D eigenvalue weighted by Gasteiger charge is -2.13. The maximum Gasteiger partial charge on any atom is 0.259 e. The number of benzene rings is 4. The van der Waals surface area contributed by atoms with Crippen molar-refractivity contribution < 1.29 is 36.0 Å². The van der Waals surface area contributed by atoms with Crippen molar-refractivity contribution in [3.8, 4) is 22.6 Å². The van der Waals surface area contributed by atoms with E-state index >= 15 is 0 Å². The summed E-state index contributed by atoms with van der Waals surface area (Å²) in [6.07, 6.45) is 0. The fraction of sp³-hybridized carbons (Fsp3) is 0.0588. The molecule has 6 rings (SSSR count). The first kappa shape index (κ1) is 32.5. The number of amides is 2. The van der Waals surface area contributed by atoms with E-state index in [9.17, 15) is 36.7 Å². The van der Waals surface area contributed by atoms with Crippen LogP contribution in [0, 0.1) is 23.3 Å². The van der Waals surface area contributed by atoms with Crippen LogP contribution in [0.15, 0.2) is 91.2 Å². The Balaban J connectivity index is 1.30. The van der Waals surface area contributed by atoms with Gasteiger partial charge < -0.3 is 19.5 Å². The molecule has 0 saturated carbocycles. The van der Waals surface area contributed by atoms with Gasteiger partial charge in [0.2, 0.25) is 10.9 Å². The minimum absolute atomic E-state index is 0.0696. The summed E-state index contributed by atoms with van der Waals surface area (Å²) in [5, 5.41) is 5.01. The van der Waals surface area contributed by atoms with Crippen LogP contribution < -0.4 is 21.5 Å². The summed E-state index contributed by atoms with van der Waals surface area (Å²) in [5.74, 6) is -6.95. The Kier molecular flexibility index (Phi) is 8.78. The molecule has 0 spiro atoms. The molecule has 0 unspecified atom stereocenters. The molecule has 0 aliphatic rings. The van der Waals surface area contributed by atoms with E-state index in [1.807, 2.05) is 0 Å². The largest absolute Gasteiger partial charge is 0.455 e. The summed E-state index contributed by atoms with van der Waals surface area (Å²) in [5.41, 5.74) is -4.24. The monoisotopic (exact) mass is 696 g/mol. The van der Waals surface area contributed by atoms with Gasteiger partial charge in [0.15, 0.2) is 11.5 Å². The molecule has 0 aliphatic heterocycles. The van der Waals surface area contributed by atoms with E-state index < -0.39 is 79.7 Å². The summed E-state index contributed by atoms with van der Waals surface area (Å²) >= 11 is 12.0. The third kappa shape index (κ3) is 6.15. The highest BCUT2D eigenvalue weighted by atomic mass is 35.5. The molecule has 2 amide bonds. The maximum atomic E-state index is 14.8. The highest BCUT2D eigenvalue weighted by Crippen LogP contribution is 2.31. The van der Waals surface area contributed by atoms with Crippen LogP contribution in [0.2, 0.25) is 10.0 Å². The van der Waals surface area contributed by atoms with Crippen LogP contribution in [0.3, 0.4) is 0 Å². The topological polar surface area (TPSA) is 119 Å². The molecule has 2 heterocycles. The lowest BCUT2D eigenvalue weighted by molar-refractivity contribution is 0.0925. The van der Waals surface area contributed by atoms with Gasteiger partial charge in [-0.1, -0.05) is 23.2 Å². The second kappa shape index (κ2) is 13.0. The molecular formula is C34H18Cl2F4N2O6. The number of carbonyl (C=O) groups is 2. The fourth-order valence-corrected chi connectivity index (χ4v) is 5.32. The lowest BCUT2D eigenvalue weighted by Crippen LogP contribution is -2.38. The van der Waals surface area contributed by atoms with Crippen LogP contribution in [0.4, 0.5) is 17.6 Å². The molecule has 0 atom stereocenters. The maximum absolute atomic E-state index is 14.8. The molecule has 2 N–H and O–H groups in total. The van der Waals surface area contributed by atoms with Gasteiger partial charge in [-0.2, -0.15) is 0 Å². The number of hydrogen-bond acceptors (Lipinski definition) is 6. The van der Waals surface area contributed by atoms with Crippen molar-refractivity contribution in [3.63, 3.8) is 0 Å². The molecule has 48 heavy (non-hydrogen) atoms. The summed E-state index contributed by atoms with van der Waals surface area (Å²) in [6, 6.07) is 12.7. The van der Waals surface area contributed by atoms with Crippen molar-refractivity contribution in [1.82, 2.24) is 10.6 Å². The van der Waals surface area contributed by atoms with Crippen molar-refractivity contribution >= 4 is 57.0 Å². The van der Waals surface area contributed by atoms with Gasteiger partial charge in [0.25, 0.3) is 11.8 Å². The normalized spacial score (nSPS) is 11.2. The van der Waals surface area contributed by atoms with Gasteiger partial charge in [0.1, 0.15) is 45.6 Å². The van der Waals surface area contributed by atoms with Crippen molar-refractivity contribution in [2.75, 3.05) is 13.1 Å². The Hall–Kier alpha value is -5.46. The van der Waals surface area contributed by atoms with Crippen LogP contribution >= 0.6 is 23.2 Å². The molecule has 4 aromatic carbocycles. The molecule has 6 aromatic rings. The van der Waals surface area contributed by atoms with Gasteiger partial charge in [-0.3, -0.25) is 19.2 Å². The average molecular weight is 697 g/mol. The molecule has 0 aliphatic carbocycles. The number of halogens is 6. The number of nitrogens with one attached hydrogen (secondary N) is 2. The number of fused-ring (bicyclic) bond motifs is 2. The highest BCUT2D eigenvalue weighted by molar-refractivity contribution is 6.31. The van der Waals surface area contributed by atoms with E-state index in [2.05, 4.69) is 10.6 Å². The number of rotatable bonds is 7. The van der Waals surface area contributed by atoms with Crippen LogP contribution in [-0.2, 0) is 0 Å². The van der Waals surface area contributed by atoms with Crippen molar-refractivity contribution in [3.05, 3.63) is 138 Å². The number of hydrogen-bond donors (Lipinski definition) is 2. The van der Waals surface area contributed by atoms with E-state index in [0.717, 1.165) is 36.4 Å². The summed E-state index contributed by atoms with van der Waals surface area (Å²) < 4.78 is 69.2. The third-order valence-corrected chi connectivity index (χ3v) is 7.68. The lowest BCUT2D eigenvalue weighted by atomic mass is 10.0. The van der Waals surface area contributed by atoms with E-state index in [1.54, 1.807) is 0 Å². The van der Waals surface area contributed by atoms with Gasteiger partial charge in [0, 0.05) is 35.3 Å². The van der Waals surface area contributed by atoms with Gasteiger partial charge in [-0.25, -0.2) is 17.6 Å². The molecule has 0 radical (unpaired) electrons. The third-order valence-electron chi connectivity index (χ3n) is 7.21. The first-order chi connectivity index (χ1) is 22.9. The summed E-state index contributed by atoms with van der Waals surface area (Å²) in [7, 11) is 0. The van der Waals surface area contributed by atoms with Crippen molar-refractivity contribution in [2.45, 2.75) is 0 Å². The van der Waals surface area contributed by atoms with Crippen LogP contribution in [0.1, 0.15) is 20.7 Å². The molecule has 2 aromatic heterocycles. The minimum atomic E-state index is -1.06. The van der Waals surface area contributed by atoms with Crippen LogP contribution in [0.25, 0.3) is 44.6 Å². The molecule has 242 valence electrons. The predicted octanol–water partition coefficient (Wildman–Crippen LogP) is 7.26. The van der Waals surface area contributed by atoms with Crippen LogP contribution in [-0.4, -0.2) is 24.9 Å². The van der Waals surface area contributed by atoms with E-state index in [0.29, 0.717) is 0 Å². The summed E-state index contributed by atoms with van der Waals surface area (Å²) in [6.45, 7) is -0.710. The number of carbonyl (C=O) groups excluding carboxylic acids is 2. The molecular weight excluding hydrogens is 679 g/mol. The Morgan fingerprint density at radius 1 is 0.583 bits per heavy atom.